The Kier molecular flexibility index (Phi) is 4.14. The lowest BCUT2D eigenvalue weighted by molar-refractivity contribution is 0.0757. The molecule has 0 radical (unpaired) electrons. The van der Waals surface area contributed by atoms with Crippen LogP contribution in [0.4, 0.5) is 0 Å². The number of thiazole rings is 1. The van der Waals surface area contributed by atoms with Crippen LogP contribution in [0.15, 0.2) is 48.1 Å². The lowest BCUT2D eigenvalue weighted by Crippen LogP contribution is -2.31. The number of hydrogen-bond acceptors (Lipinski definition) is 5. The normalized spacial score (nSPS) is 19.7. The van der Waals surface area contributed by atoms with Gasteiger partial charge in [0.15, 0.2) is 4.96 Å². The maximum Gasteiger partial charge on any atom is 0.272 e. The predicted molar refractivity (Wildman–Crippen MR) is 109 cm³/mol. The van der Waals surface area contributed by atoms with Crippen LogP contribution in [0.25, 0.3) is 15.9 Å². The molecule has 0 saturated carbocycles. The average molecular weight is 392 g/mol. The Labute approximate surface area is 166 Å². The maximum atomic E-state index is 13.1. The molecule has 1 aliphatic heterocycles. The molecule has 6 nitrogen and oxygen atoms in total. The Balaban J connectivity index is 1.40. The van der Waals surface area contributed by atoms with Crippen LogP contribution in [-0.2, 0) is 6.42 Å². The van der Waals surface area contributed by atoms with E-state index in [1.807, 2.05) is 53.4 Å². The number of fused-ring (bicyclic) bond motifs is 2. The van der Waals surface area contributed by atoms with E-state index in [4.69, 9.17) is 0 Å². The van der Waals surface area contributed by atoms with Crippen molar-refractivity contribution in [3.8, 4) is 0 Å². The number of aromatic nitrogens is 3. The van der Waals surface area contributed by atoms with Crippen molar-refractivity contribution in [1.82, 2.24) is 19.3 Å². The molecule has 1 aromatic carbocycles. The maximum absolute atomic E-state index is 13.1. The van der Waals surface area contributed by atoms with Crippen LogP contribution >= 0.6 is 11.3 Å². The molecule has 4 heterocycles. The van der Waals surface area contributed by atoms with E-state index >= 15 is 0 Å². The fourth-order valence-electron chi connectivity index (χ4n) is 4.14. The molecule has 28 heavy (non-hydrogen) atoms. The molecular formula is C21H20N4O2S. The number of aliphatic hydroxyl groups is 1. The third kappa shape index (κ3) is 2.78. The number of para-hydroxylation sites is 1. The Morgan fingerprint density at radius 3 is 3.04 bits per heavy atom. The summed E-state index contributed by atoms with van der Waals surface area (Å²) < 4.78 is 1.85. The van der Waals surface area contributed by atoms with Crippen molar-refractivity contribution in [3.63, 3.8) is 0 Å². The molecule has 1 saturated heterocycles. The summed E-state index contributed by atoms with van der Waals surface area (Å²) in [6.45, 7) is 2.75. The molecular weight excluding hydrogens is 372 g/mol. The molecule has 1 amide bonds. The zero-order chi connectivity index (χ0) is 19.3. The molecule has 1 N–H and O–H groups in total. The van der Waals surface area contributed by atoms with Gasteiger partial charge in [0.1, 0.15) is 5.69 Å². The number of carbonyl (C=O) groups excluding carboxylic acids is 1. The van der Waals surface area contributed by atoms with Gasteiger partial charge in [-0.3, -0.25) is 14.2 Å². The predicted octanol–water partition coefficient (Wildman–Crippen LogP) is 2.93. The smallest absolute Gasteiger partial charge is 0.272 e. The van der Waals surface area contributed by atoms with E-state index in [-0.39, 0.29) is 11.8 Å². The summed E-state index contributed by atoms with van der Waals surface area (Å²) >= 11 is 1.51. The second-order valence-electron chi connectivity index (χ2n) is 7.33. The van der Waals surface area contributed by atoms with Gasteiger partial charge in [0.25, 0.3) is 5.91 Å². The van der Waals surface area contributed by atoms with Crippen molar-refractivity contribution in [2.45, 2.75) is 19.4 Å². The summed E-state index contributed by atoms with van der Waals surface area (Å²) in [7, 11) is 0. The average Bonchev–Trinajstić information content (AvgIpc) is 3.36. The molecule has 0 aliphatic carbocycles. The molecule has 0 bridgehead atoms. The van der Waals surface area contributed by atoms with Crippen LogP contribution < -0.4 is 0 Å². The van der Waals surface area contributed by atoms with Crippen molar-refractivity contribution in [2.75, 3.05) is 13.1 Å². The fourth-order valence-corrected chi connectivity index (χ4v) is 4.90. The van der Waals surface area contributed by atoms with E-state index in [1.54, 1.807) is 4.90 Å². The quantitative estimate of drug-likeness (QED) is 0.582. The van der Waals surface area contributed by atoms with E-state index in [1.165, 1.54) is 11.3 Å². The number of imidazole rings is 1. The minimum Gasteiger partial charge on any atom is -0.391 e. The Hall–Kier alpha value is -2.77. The first-order valence-corrected chi connectivity index (χ1v) is 10.2. The van der Waals surface area contributed by atoms with E-state index in [0.29, 0.717) is 25.2 Å². The van der Waals surface area contributed by atoms with E-state index in [2.05, 4.69) is 16.0 Å². The number of amides is 1. The van der Waals surface area contributed by atoms with Crippen LogP contribution in [0.2, 0.25) is 0 Å². The number of aryl methyl sites for hydroxylation is 1. The van der Waals surface area contributed by atoms with Gasteiger partial charge in [-0.05, 0) is 31.0 Å². The second kappa shape index (κ2) is 6.68. The second-order valence-corrected chi connectivity index (χ2v) is 8.20. The third-order valence-electron chi connectivity index (χ3n) is 5.55. The minimum absolute atomic E-state index is 0.000879. The van der Waals surface area contributed by atoms with Gasteiger partial charge >= 0.3 is 0 Å². The highest BCUT2D eigenvalue weighted by molar-refractivity contribution is 7.15. The number of aliphatic hydroxyl groups excluding tert-OH is 1. The molecule has 4 aromatic rings. The monoisotopic (exact) mass is 392 g/mol. The number of nitrogens with zero attached hydrogens (tertiary/aromatic N) is 4. The van der Waals surface area contributed by atoms with Crippen molar-refractivity contribution < 1.29 is 9.90 Å². The number of rotatable bonds is 3. The summed E-state index contributed by atoms with van der Waals surface area (Å²) in [5.41, 5.74) is 3.44. The molecule has 1 fully saturated rings. The van der Waals surface area contributed by atoms with Gasteiger partial charge in [0.2, 0.25) is 0 Å². The van der Waals surface area contributed by atoms with E-state index < -0.39 is 6.10 Å². The highest BCUT2D eigenvalue weighted by Gasteiger charge is 2.36. The summed E-state index contributed by atoms with van der Waals surface area (Å²) in [4.78, 5) is 24.6. The molecule has 0 spiro atoms. The highest BCUT2D eigenvalue weighted by Crippen LogP contribution is 2.27. The van der Waals surface area contributed by atoms with Crippen LogP contribution in [-0.4, -0.2) is 49.5 Å². The first-order valence-electron chi connectivity index (χ1n) is 9.34. The number of hydrogen-bond donors (Lipinski definition) is 1. The standard InChI is InChI=1S/C21H20N4O2S/c1-13-19(25-8-9-28-21(25)23-13)20(27)24-11-15(18(26)12-24)10-14-6-7-22-17-5-3-2-4-16(14)17/h2-9,15,18,26H,10-12H2,1H3/t15-,18-/m1/s1. The summed E-state index contributed by atoms with van der Waals surface area (Å²) in [6.07, 6.45) is 3.86. The van der Waals surface area contributed by atoms with E-state index in [0.717, 1.165) is 27.1 Å². The molecule has 2 atom stereocenters. The third-order valence-corrected chi connectivity index (χ3v) is 6.31. The first kappa shape index (κ1) is 17.3. The SMILES string of the molecule is Cc1nc2sccn2c1C(=O)N1C[C@@H](Cc2ccnc3ccccc23)[C@H](O)C1. The number of pyridine rings is 1. The van der Waals surface area contributed by atoms with Crippen LogP contribution in [0.5, 0.6) is 0 Å². The van der Waals surface area contributed by atoms with Crippen LogP contribution in [0.3, 0.4) is 0 Å². The molecule has 5 rings (SSSR count). The van der Waals surface area contributed by atoms with Crippen molar-refractivity contribution in [3.05, 3.63) is 65.1 Å². The first-order chi connectivity index (χ1) is 13.6. The van der Waals surface area contributed by atoms with E-state index in [9.17, 15) is 9.90 Å². The van der Waals surface area contributed by atoms with Crippen molar-refractivity contribution >= 4 is 33.1 Å². The Morgan fingerprint density at radius 1 is 1.29 bits per heavy atom. The van der Waals surface area contributed by atoms with Gasteiger partial charge in [0.05, 0.1) is 17.3 Å². The van der Waals surface area contributed by atoms with Crippen LogP contribution in [0.1, 0.15) is 21.7 Å². The Morgan fingerprint density at radius 2 is 2.14 bits per heavy atom. The summed E-state index contributed by atoms with van der Waals surface area (Å²) in [6, 6.07) is 10.0. The Bertz CT molecular complexity index is 1180. The van der Waals surface area contributed by atoms with Gasteiger partial charge < -0.3 is 10.0 Å². The summed E-state index contributed by atoms with van der Waals surface area (Å²) in [5.74, 6) is -0.0644. The number of benzene rings is 1. The number of likely N-dealkylation sites (tertiary alicyclic amines) is 1. The van der Waals surface area contributed by atoms with Gasteiger partial charge in [-0.1, -0.05) is 18.2 Å². The molecule has 7 heteroatoms. The van der Waals surface area contributed by atoms with Crippen LogP contribution in [0, 0.1) is 12.8 Å². The zero-order valence-corrected chi connectivity index (χ0v) is 16.3. The molecule has 0 unspecified atom stereocenters. The van der Waals surface area contributed by atoms with Gasteiger partial charge in [0, 0.05) is 42.2 Å². The lowest BCUT2D eigenvalue weighted by atomic mass is 9.94. The number of β-amino-alcohol motifs (C(OH)–C–C–N with tert-alkyl or cyclic N) is 1. The lowest BCUT2D eigenvalue weighted by Gasteiger charge is -2.16. The molecule has 142 valence electrons. The minimum atomic E-state index is -0.540. The number of carbonyl (C=O) groups is 1. The largest absolute Gasteiger partial charge is 0.391 e. The van der Waals surface area contributed by atoms with Crippen molar-refractivity contribution in [1.29, 1.82) is 0 Å². The molecule has 1 aliphatic rings. The molecule has 3 aromatic heterocycles. The highest BCUT2D eigenvalue weighted by atomic mass is 32.1. The summed E-state index contributed by atoms with van der Waals surface area (Å²) in [5, 5.41) is 13.7. The van der Waals surface area contributed by atoms with Gasteiger partial charge in [-0.2, -0.15) is 0 Å². The topological polar surface area (TPSA) is 70.7 Å². The van der Waals surface area contributed by atoms with Gasteiger partial charge in [-0.25, -0.2) is 4.98 Å². The van der Waals surface area contributed by atoms with Crippen molar-refractivity contribution in [2.24, 2.45) is 5.92 Å². The fraction of sp³-hybridized carbons (Fsp3) is 0.286. The zero-order valence-electron chi connectivity index (χ0n) is 15.4. The van der Waals surface area contributed by atoms with Gasteiger partial charge in [-0.15, -0.1) is 11.3 Å².